The molecule has 28 heavy (non-hydrogen) atoms. The SMILES string of the molecule is Cc1oc(-c2ccccc2)nc1C(=O)NC[C@H](c1ccco1)N1CCCCC1. The number of amides is 1. The molecule has 1 atom stereocenters. The molecular formula is C22H25N3O3. The highest BCUT2D eigenvalue weighted by Gasteiger charge is 2.26. The quantitative estimate of drug-likeness (QED) is 0.695. The Morgan fingerprint density at radius 1 is 1.14 bits per heavy atom. The van der Waals surface area contributed by atoms with Gasteiger partial charge in [0.05, 0.1) is 12.3 Å². The van der Waals surface area contributed by atoms with Crippen LogP contribution in [0.1, 0.15) is 47.3 Å². The van der Waals surface area contributed by atoms with Crippen molar-refractivity contribution < 1.29 is 13.6 Å². The van der Waals surface area contributed by atoms with Crippen LogP contribution in [0, 0.1) is 6.92 Å². The Morgan fingerprint density at radius 2 is 1.93 bits per heavy atom. The number of nitrogens with zero attached hydrogens (tertiary/aromatic N) is 2. The minimum atomic E-state index is -0.225. The minimum absolute atomic E-state index is 0.0278. The van der Waals surface area contributed by atoms with Gasteiger partial charge in [0.25, 0.3) is 5.91 Å². The Labute approximate surface area is 164 Å². The van der Waals surface area contributed by atoms with Crippen molar-refractivity contribution in [3.8, 4) is 11.5 Å². The molecule has 6 heteroatoms. The van der Waals surface area contributed by atoms with Crippen molar-refractivity contribution in [3.05, 3.63) is 65.9 Å². The van der Waals surface area contributed by atoms with Gasteiger partial charge in [0.1, 0.15) is 11.5 Å². The van der Waals surface area contributed by atoms with Crippen molar-refractivity contribution in [1.29, 1.82) is 0 Å². The molecule has 4 rings (SSSR count). The van der Waals surface area contributed by atoms with Gasteiger partial charge in [-0.05, 0) is 57.1 Å². The van der Waals surface area contributed by atoms with Crippen LogP contribution in [0.15, 0.2) is 57.6 Å². The first-order chi connectivity index (χ1) is 13.7. The van der Waals surface area contributed by atoms with Crippen LogP contribution in [0.2, 0.25) is 0 Å². The Hall–Kier alpha value is -2.86. The molecule has 1 aliphatic rings. The van der Waals surface area contributed by atoms with Crippen LogP contribution in [0.5, 0.6) is 0 Å². The van der Waals surface area contributed by atoms with Gasteiger partial charge in [-0.1, -0.05) is 24.6 Å². The van der Waals surface area contributed by atoms with Crippen molar-refractivity contribution in [3.63, 3.8) is 0 Å². The van der Waals surface area contributed by atoms with Crippen molar-refractivity contribution in [2.24, 2.45) is 0 Å². The highest BCUT2D eigenvalue weighted by atomic mass is 16.4. The lowest BCUT2D eigenvalue weighted by atomic mass is 10.1. The number of carbonyl (C=O) groups excluding carboxylic acids is 1. The van der Waals surface area contributed by atoms with Gasteiger partial charge in [0, 0.05) is 12.1 Å². The highest BCUT2D eigenvalue weighted by molar-refractivity contribution is 5.93. The van der Waals surface area contributed by atoms with E-state index in [1.54, 1.807) is 13.2 Å². The van der Waals surface area contributed by atoms with Gasteiger partial charge >= 0.3 is 0 Å². The molecular weight excluding hydrogens is 354 g/mol. The predicted molar refractivity (Wildman–Crippen MR) is 106 cm³/mol. The lowest BCUT2D eigenvalue weighted by Crippen LogP contribution is -2.40. The highest BCUT2D eigenvalue weighted by Crippen LogP contribution is 2.25. The summed E-state index contributed by atoms with van der Waals surface area (Å²) in [5, 5.41) is 3.03. The van der Waals surface area contributed by atoms with Gasteiger partial charge in [-0.15, -0.1) is 0 Å². The molecule has 1 aromatic carbocycles. The van der Waals surface area contributed by atoms with Crippen LogP contribution in [0.4, 0.5) is 0 Å². The van der Waals surface area contributed by atoms with E-state index < -0.39 is 0 Å². The standard InChI is InChI=1S/C22H25N3O3/c1-16-20(24-22(28-16)17-9-4-2-5-10-17)21(26)23-15-18(19-11-8-14-27-19)25-12-6-3-7-13-25/h2,4-5,8-11,14,18H,3,6-7,12-13,15H2,1H3,(H,23,26)/t18-/m1/s1. The average Bonchev–Trinajstić information content (AvgIpc) is 3.40. The van der Waals surface area contributed by atoms with Crippen LogP contribution in [-0.4, -0.2) is 35.4 Å². The molecule has 1 fully saturated rings. The van der Waals surface area contributed by atoms with E-state index in [9.17, 15) is 4.79 Å². The van der Waals surface area contributed by atoms with Gasteiger partial charge in [-0.3, -0.25) is 9.69 Å². The maximum Gasteiger partial charge on any atom is 0.273 e. The number of aromatic nitrogens is 1. The molecule has 3 aromatic rings. The second kappa shape index (κ2) is 8.44. The zero-order chi connectivity index (χ0) is 19.3. The third-order valence-corrected chi connectivity index (χ3v) is 5.19. The fourth-order valence-corrected chi connectivity index (χ4v) is 3.70. The van der Waals surface area contributed by atoms with E-state index in [-0.39, 0.29) is 11.9 Å². The van der Waals surface area contributed by atoms with Gasteiger partial charge < -0.3 is 14.2 Å². The number of rotatable bonds is 6. The normalized spacial score (nSPS) is 16.0. The summed E-state index contributed by atoms with van der Waals surface area (Å²) in [6, 6.07) is 13.5. The maximum absolute atomic E-state index is 12.8. The smallest absolute Gasteiger partial charge is 0.273 e. The molecule has 146 valence electrons. The number of piperidine rings is 1. The van der Waals surface area contributed by atoms with Gasteiger partial charge in [-0.25, -0.2) is 4.98 Å². The van der Waals surface area contributed by atoms with Crippen LogP contribution in [0.25, 0.3) is 11.5 Å². The van der Waals surface area contributed by atoms with E-state index in [2.05, 4.69) is 15.2 Å². The molecule has 3 heterocycles. The summed E-state index contributed by atoms with van der Waals surface area (Å²) >= 11 is 0. The average molecular weight is 379 g/mol. The first-order valence-electron chi connectivity index (χ1n) is 9.81. The molecule has 1 N–H and O–H groups in total. The number of hydrogen-bond donors (Lipinski definition) is 1. The summed E-state index contributed by atoms with van der Waals surface area (Å²) in [4.78, 5) is 19.6. The summed E-state index contributed by atoms with van der Waals surface area (Å²) in [5.74, 6) is 1.63. The first kappa shape index (κ1) is 18.5. The van der Waals surface area contributed by atoms with Crippen molar-refractivity contribution >= 4 is 5.91 Å². The molecule has 0 spiro atoms. The lowest BCUT2D eigenvalue weighted by molar-refractivity contribution is 0.0908. The number of benzene rings is 1. The van der Waals surface area contributed by atoms with E-state index in [0.717, 1.165) is 24.4 Å². The third-order valence-electron chi connectivity index (χ3n) is 5.19. The Morgan fingerprint density at radius 3 is 2.64 bits per heavy atom. The predicted octanol–water partition coefficient (Wildman–Crippen LogP) is 4.20. The molecule has 6 nitrogen and oxygen atoms in total. The van der Waals surface area contributed by atoms with E-state index in [4.69, 9.17) is 8.83 Å². The summed E-state index contributed by atoms with van der Waals surface area (Å²) in [6.07, 6.45) is 5.29. The molecule has 0 unspecified atom stereocenters. The zero-order valence-electron chi connectivity index (χ0n) is 16.1. The molecule has 1 saturated heterocycles. The molecule has 0 radical (unpaired) electrons. The maximum atomic E-state index is 12.8. The molecule has 0 saturated carbocycles. The van der Waals surface area contributed by atoms with Gasteiger partial charge in [0.15, 0.2) is 5.69 Å². The molecule has 1 aliphatic heterocycles. The van der Waals surface area contributed by atoms with Crippen LogP contribution >= 0.6 is 0 Å². The van der Waals surface area contributed by atoms with Crippen LogP contribution in [0.3, 0.4) is 0 Å². The zero-order valence-corrected chi connectivity index (χ0v) is 16.1. The minimum Gasteiger partial charge on any atom is -0.468 e. The monoisotopic (exact) mass is 379 g/mol. The number of likely N-dealkylation sites (tertiary alicyclic amines) is 1. The Bertz CT molecular complexity index is 897. The fraction of sp³-hybridized carbons (Fsp3) is 0.364. The number of nitrogens with one attached hydrogen (secondary N) is 1. The van der Waals surface area contributed by atoms with E-state index in [1.807, 2.05) is 42.5 Å². The summed E-state index contributed by atoms with van der Waals surface area (Å²) in [6.45, 7) is 4.27. The van der Waals surface area contributed by atoms with E-state index >= 15 is 0 Å². The van der Waals surface area contributed by atoms with Crippen molar-refractivity contribution in [2.45, 2.75) is 32.2 Å². The number of oxazole rings is 1. The summed E-state index contributed by atoms with van der Waals surface area (Å²) < 4.78 is 11.4. The molecule has 0 bridgehead atoms. The number of hydrogen-bond acceptors (Lipinski definition) is 5. The third kappa shape index (κ3) is 4.02. The largest absolute Gasteiger partial charge is 0.468 e. The van der Waals surface area contributed by atoms with Gasteiger partial charge in [-0.2, -0.15) is 0 Å². The lowest BCUT2D eigenvalue weighted by Gasteiger charge is -2.33. The molecule has 2 aromatic heterocycles. The number of furan rings is 1. The molecule has 0 aliphatic carbocycles. The van der Waals surface area contributed by atoms with Crippen LogP contribution in [-0.2, 0) is 0 Å². The fourth-order valence-electron chi connectivity index (χ4n) is 3.70. The number of aryl methyl sites for hydroxylation is 1. The Kier molecular flexibility index (Phi) is 5.58. The second-order valence-electron chi connectivity index (χ2n) is 7.13. The van der Waals surface area contributed by atoms with Crippen molar-refractivity contribution in [1.82, 2.24) is 15.2 Å². The van der Waals surface area contributed by atoms with Crippen LogP contribution < -0.4 is 5.32 Å². The van der Waals surface area contributed by atoms with Gasteiger partial charge in [0.2, 0.25) is 5.89 Å². The second-order valence-corrected chi connectivity index (χ2v) is 7.13. The molecule has 1 amide bonds. The summed E-state index contributed by atoms with van der Waals surface area (Å²) in [5.41, 5.74) is 1.18. The number of carbonyl (C=O) groups is 1. The Balaban J connectivity index is 1.47. The summed E-state index contributed by atoms with van der Waals surface area (Å²) in [7, 11) is 0. The van der Waals surface area contributed by atoms with E-state index in [1.165, 1.54) is 19.3 Å². The first-order valence-corrected chi connectivity index (χ1v) is 9.81. The van der Waals surface area contributed by atoms with Crippen molar-refractivity contribution in [2.75, 3.05) is 19.6 Å². The van der Waals surface area contributed by atoms with E-state index in [0.29, 0.717) is 23.9 Å². The topological polar surface area (TPSA) is 71.5 Å².